The molecule has 3 rings (SSSR count). The van der Waals surface area contributed by atoms with E-state index in [-0.39, 0.29) is 23.1 Å². The van der Waals surface area contributed by atoms with Crippen LogP contribution in [0.3, 0.4) is 0 Å². The molecular weight excluding hydrogens is 348 g/mol. The minimum absolute atomic E-state index is 0.0339. The minimum atomic E-state index is -0.997. The second-order valence-corrected chi connectivity index (χ2v) is 6.69. The number of nitrogens with one attached hydrogen (secondary N) is 1. The third-order valence-electron chi connectivity index (χ3n) is 4.36. The smallest absolute Gasteiger partial charge is 0.339 e. The molecule has 7 heteroatoms. The van der Waals surface area contributed by atoms with Crippen molar-refractivity contribution in [2.75, 3.05) is 5.32 Å². The molecule has 0 aromatic heterocycles. The molecule has 0 spiro atoms. The van der Waals surface area contributed by atoms with Gasteiger partial charge in [-0.3, -0.25) is 14.9 Å². The Labute approximate surface area is 156 Å². The van der Waals surface area contributed by atoms with Crippen LogP contribution in [0.4, 0.5) is 11.4 Å². The van der Waals surface area contributed by atoms with Crippen molar-refractivity contribution in [1.82, 2.24) is 0 Å². The highest BCUT2D eigenvalue weighted by Crippen LogP contribution is 2.31. The first-order chi connectivity index (χ1) is 12.8. The molecule has 7 nitrogen and oxygen atoms in total. The van der Waals surface area contributed by atoms with Crippen LogP contribution in [0, 0.1) is 17.0 Å². The number of benzene rings is 2. The van der Waals surface area contributed by atoms with E-state index < -0.39 is 17.0 Å². The Kier molecular flexibility index (Phi) is 5.21. The fraction of sp³-hybridized carbons (Fsp3) is 0.300. The third-order valence-corrected chi connectivity index (χ3v) is 4.36. The molecule has 1 saturated carbocycles. The van der Waals surface area contributed by atoms with Crippen molar-refractivity contribution in [3.8, 4) is 0 Å². The minimum Gasteiger partial charge on any atom is -0.451 e. The number of hydrogen-bond donors (Lipinski definition) is 1. The van der Waals surface area contributed by atoms with Crippen molar-refractivity contribution >= 4 is 23.1 Å². The molecule has 1 atom stereocenters. The molecular formula is C20H20N2O5. The summed E-state index contributed by atoms with van der Waals surface area (Å²) in [6.07, 6.45) is 0.947. The molecule has 140 valence electrons. The van der Waals surface area contributed by atoms with E-state index in [0.717, 1.165) is 18.4 Å². The molecule has 1 aliphatic carbocycles. The quantitative estimate of drug-likeness (QED) is 0.344. The zero-order chi connectivity index (χ0) is 19.6. The highest BCUT2D eigenvalue weighted by Gasteiger charge is 2.27. The van der Waals surface area contributed by atoms with Crippen LogP contribution in [0.2, 0.25) is 0 Å². The Hall–Kier alpha value is -3.22. The summed E-state index contributed by atoms with van der Waals surface area (Å²) >= 11 is 0. The molecule has 2 aromatic rings. The summed E-state index contributed by atoms with van der Waals surface area (Å²) < 4.78 is 5.22. The first-order valence-corrected chi connectivity index (χ1v) is 8.72. The van der Waals surface area contributed by atoms with Crippen molar-refractivity contribution in [2.45, 2.75) is 38.8 Å². The molecule has 0 radical (unpaired) electrons. The monoisotopic (exact) mass is 368 g/mol. The molecule has 1 fully saturated rings. The molecule has 0 aliphatic heterocycles. The first-order valence-electron chi connectivity index (χ1n) is 8.72. The summed E-state index contributed by atoms with van der Waals surface area (Å²) in [6, 6.07) is 11.3. The first kappa shape index (κ1) is 18.6. The molecule has 27 heavy (non-hydrogen) atoms. The predicted molar refractivity (Wildman–Crippen MR) is 100 cm³/mol. The summed E-state index contributed by atoms with van der Waals surface area (Å²) in [4.78, 5) is 35.5. The lowest BCUT2D eigenvalue weighted by Gasteiger charge is -2.13. The van der Waals surface area contributed by atoms with E-state index in [9.17, 15) is 19.7 Å². The summed E-state index contributed by atoms with van der Waals surface area (Å²) in [5, 5.41) is 14.4. The van der Waals surface area contributed by atoms with Gasteiger partial charge in [0.2, 0.25) is 5.78 Å². The highest BCUT2D eigenvalue weighted by molar-refractivity contribution is 6.01. The maximum absolute atomic E-state index is 12.4. The van der Waals surface area contributed by atoms with E-state index in [4.69, 9.17) is 4.74 Å². The number of rotatable bonds is 7. The van der Waals surface area contributed by atoms with Gasteiger partial charge in [-0.1, -0.05) is 29.8 Å². The van der Waals surface area contributed by atoms with Gasteiger partial charge < -0.3 is 10.1 Å². The number of ether oxygens (including phenoxy) is 1. The maximum atomic E-state index is 12.4. The number of carbonyl (C=O) groups is 2. The van der Waals surface area contributed by atoms with Gasteiger partial charge in [0, 0.05) is 17.7 Å². The average molecular weight is 368 g/mol. The Balaban J connectivity index is 1.72. The number of nitrogens with zero attached hydrogens (tertiary/aromatic N) is 1. The van der Waals surface area contributed by atoms with Gasteiger partial charge in [-0.2, -0.15) is 0 Å². The van der Waals surface area contributed by atoms with Crippen LogP contribution >= 0.6 is 0 Å². The van der Waals surface area contributed by atoms with Crippen LogP contribution < -0.4 is 5.32 Å². The lowest BCUT2D eigenvalue weighted by atomic mass is 10.1. The van der Waals surface area contributed by atoms with Crippen LogP contribution in [-0.4, -0.2) is 28.8 Å². The van der Waals surface area contributed by atoms with Gasteiger partial charge in [-0.15, -0.1) is 0 Å². The number of nitro groups is 1. The lowest BCUT2D eigenvalue weighted by Crippen LogP contribution is -2.24. The van der Waals surface area contributed by atoms with E-state index >= 15 is 0 Å². The van der Waals surface area contributed by atoms with Gasteiger partial charge in [0.05, 0.1) is 10.5 Å². The predicted octanol–water partition coefficient (Wildman–Crippen LogP) is 3.91. The van der Waals surface area contributed by atoms with E-state index in [1.807, 2.05) is 6.92 Å². The SMILES string of the molecule is Cc1ccc(C(=O)[C@H](C)OC(=O)c2ccc(NC3CC3)c([N+](=O)[O-])c2)cc1. The van der Waals surface area contributed by atoms with Gasteiger partial charge in [0.25, 0.3) is 5.69 Å². The van der Waals surface area contributed by atoms with Crippen LogP contribution in [0.15, 0.2) is 42.5 Å². The van der Waals surface area contributed by atoms with Crippen molar-refractivity contribution in [3.05, 3.63) is 69.3 Å². The van der Waals surface area contributed by atoms with Gasteiger partial charge in [0.15, 0.2) is 6.10 Å². The molecule has 0 bridgehead atoms. The molecule has 0 amide bonds. The number of hydrogen-bond acceptors (Lipinski definition) is 6. The van der Waals surface area contributed by atoms with Crippen molar-refractivity contribution in [2.24, 2.45) is 0 Å². The van der Waals surface area contributed by atoms with E-state index in [2.05, 4.69) is 5.32 Å². The van der Waals surface area contributed by atoms with Crippen LogP contribution in [0.25, 0.3) is 0 Å². The largest absolute Gasteiger partial charge is 0.451 e. The summed E-state index contributed by atoms with van der Waals surface area (Å²) in [6.45, 7) is 3.39. The number of aryl methyl sites for hydroxylation is 1. The number of anilines is 1. The second kappa shape index (κ2) is 7.57. The second-order valence-electron chi connectivity index (χ2n) is 6.69. The van der Waals surface area contributed by atoms with Crippen LogP contribution in [-0.2, 0) is 4.74 Å². The summed E-state index contributed by atoms with van der Waals surface area (Å²) in [7, 11) is 0. The van der Waals surface area contributed by atoms with E-state index in [1.54, 1.807) is 24.3 Å². The molecule has 1 N–H and O–H groups in total. The number of ketones is 1. The summed E-state index contributed by atoms with van der Waals surface area (Å²) in [5.74, 6) is -1.10. The van der Waals surface area contributed by atoms with Crippen LogP contribution in [0.5, 0.6) is 0 Å². The normalized spacial score (nSPS) is 14.3. The van der Waals surface area contributed by atoms with Crippen LogP contribution in [0.1, 0.15) is 46.0 Å². The van der Waals surface area contributed by atoms with Crippen molar-refractivity contribution < 1.29 is 19.2 Å². The fourth-order valence-electron chi connectivity index (χ4n) is 2.61. The molecule has 0 unspecified atom stereocenters. The number of carbonyl (C=O) groups excluding carboxylic acids is 2. The molecule has 0 heterocycles. The molecule has 1 aliphatic rings. The Bertz CT molecular complexity index is 888. The zero-order valence-electron chi connectivity index (χ0n) is 15.1. The van der Waals surface area contributed by atoms with E-state index in [1.165, 1.54) is 25.1 Å². The van der Waals surface area contributed by atoms with Crippen molar-refractivity contribution in [3.63, 3.8) is 0 Å². The number of Topliss-reactive ketones (excluding diaryl/α,β-unsaturated/α-hetero) is 1. The highest BCUT2D eigenvalue weighted by atomic mass is 16.6. The number of nitro benzene ring substituents is 1. The average Bonchev–Trinajstić information content (AvgIpc) is 3.45. The Morgan fingerprint density at radius 1 is 1.15 bits per heavy atom. The standard InChI is InChI=1S/C20H20N2O5/c1-12-3-5-14(6-4-12)19(23)13(2)27-20(24)15-7-10-17(21-16-8-9-16)18(11-15)22(25)26/h3-7,10-11,13,16,21H,8-9H2,1-2H3/t13-/m0/s1. The number of esters is 1. The van der Waals surface area contributed by atoms with Gasteiger partial charge >= 0.3 is 5.97 Å². The third kappa shape index (κ3) is 4.49. The molecule has 0 saturated heterocycles. The van der Waals surface area contributed by atoms with Gasteiger partial charge in [-0.25, -0.2) is 4.79 Å². The van der Waals surface area contributed by atoms with Crippen molar-refractivity contribution in [1.29, 1.82) is 0 Å². The Morgan fingerprint density at radius 2 is 1.78 bits per heavy atom. The van der Waals surface area contributed by atoms with Gasteiger partial charge in [0.1, 0.15) is 5.69 Å². The van der Waals surface area contributed by atoms with Gasteiger partial charge in [-0.05, 0) is 38.8 Å². The fourth-order valence-corrected chi connectivity index (χ4v) is 2.61. The zero-order valence-corrected chi connectivity index (χ0v) is 15.1. The Morgan fingerprint density at radius 3 is 2.37 bits per heavy atom. The maximum Gasteiger partial charge on any atom is 0.339 e. The lowest BCUT2D eigenvalue weighted by molar-refractivity contribution is -0.384. The van der Waals surface area contributed by atoms with E-state index in [0.29, 0.717) is 11.3 Å². The molecule has 2 aromatic carbocycles. The summed E-state index contributed by atoms with van der Waals surface area (Å²) in [5.41, 5.74) is 1.68. The topological polar surface area (TPSA) is 98.5 Å².